The van der Waals surface area contributed by atoms with E-state index in [2.05, 4.69) is 85.1 Å². The fraction of sp³-hybridized carbons (Fsp3) is 0.219. The van der Waals surface area contributed by atoms with Crippen molar-refractivity contribution in [2.75, 3.05) is 11.5 Å². The summed E-state index contributed by atoms with van der Waals surface area (Å²) in [6.45, 7) is 8.14. The zero-order valence-electron chi connectivity index (χ0n) is 24.3. The zero-order chi connectivity index (χ0) is 31.4. The maximum Gasteiger partial charge on any atom is 0.673 e. The van der Waals surface area contributed by atoms with Crippen molar-refractivity contribution in [3.63, 3.8) is 0 Å². The number of benzene rings is 4. The van der Waals surface area contributed by atoms with E-state index < -0.39 is 17.4 Å². The lowest BCUT2D eigenvalue weighted by Gasteiger charge is -2.25. The Hall–Kier alpha value is -3.96. The molecule has 2 atom stereocenters. The number of nitrogens with zero attached hydrogens (tertiary/aromatic N) is 2. The van der Waals surface area contributed by atoms with E-state index >= 15 is 0 Å². The maximum absolute atomic E-state index is 13.2. The van der Waals surface area contributed by atoms with E-state index in [-0.39, 0.29) is 23.6 Å². The van der Waals surface area contributed by atoms with Crippen molar-refractivity contribution in [3.8, 4) is 0 Å². The first kappa shape index (κ1) is 32.0. The first-order valence-corrected chi connectivity index (χ1v) is 15.2. The Morgan fingerprint density at radius 2 is 1.28 bits per heavy atom. The normalized spacial score (nSPS) is 16.8. The van der Waals surface area contributed by atoms with Gasteiger partial charge in [-0.05, 0) is 51.0 Å². The number of halogens is 4. The molecular formula is C32H33BF4N2O3S. The zero-order valence-corrected chi connectivity index (χ0v) is 25.1. The molecule has 1 heterocycles. The Bertz CT molecular complexity index is 1670. The van der Waals surface area contributed by atoms with Crippen LogP contribution < -0.4 is 4.90 Å². The molecule has 0 radical (unpaired) electrons. The summed E-state index contributed by atoms with van der Waals surface area (Å²) in [5.41, 5.74) is 7.49. The van der Waals surface area contributed by atoms with Gasteiger partial charge in [0.1, 0.15) is 16.3 Å². The van der Waals surface area contributed by atoms with Gasteiger partial charge in [0.05, 0.1) is 6.61 Å². The Kier molecular flexibility index (Phi) is 9.77. The van der Waals surface area contributed by atoms with Crippen LogP contribution in [-0.2, 0) is 14.3 Å². The third kappa shape index (κ3) is 7.53. The first-order chi connectivity index (χ1) is 20.3. The van der Waals surface area contributed by atoms with Gasteiger partial charge < -0.3 is 17.3 Å². The molecule has 0 unspecified atom stereocenters. The molecule has 1 aliphatic rings. The fourth-order valence-corrected chi connectivity index (χ4v) is 6.77. The predicted octanol–water partition coefficient (Wildman–Crippen LogP) is 8.31. The van der Waals surface area contributed by atoms with Gasteiger partial charge in [-0.25, -0.2) is 9.48 Å². The molecule has 0 aliphatic carbocycles. The summed E-state index contributed by atoms with van der Waals surface area (Å²) in [4.78, 5) is 2.25. The molecule has 5 nitrogen and oxygen atoms in total. The van der Waals surface area contributed by atoms with Crippen LogP contribution in [0, 0.1) is 20.8 Å². The van der Waals surface area contributed by atoms with Gasteiger partial charge in [-0.15, -0.1) is 0 Å². The van der Waals surface area contributed by atoms with Gasteiger partial charge >= 0.3 is 17.4 Å². The van der Waals surface area contributed by atoms with E-state index in [0.29, 0.717) is 5.69 Å². The summed E-state index contributed by atoms with van der Waals surface area (Å²) in [5.74, 6) is 0. The molecule has 0 amide bonds. The Morgan fingerprint density at radius 1 is 0.791 bits per heavy atom. The largest absolute Gasteiger partial charge is 0.673 e. The molecule has 226 valence electrons. The van der Waals surface area contributed by atoms with Gasteiger partial charge in [0.25, 0.3) is 0 Å². The Morgan fingerprint density at radius 3 is 1.81 bits per heavy atom. The second-order valence-corrected chi connectivity index (χ2v) is 11.8. The summed E-state index contributed by atoms with van der Waals surface area (Å²) >= 11 is 0. The van der Waals surface area contributed by atoms with Crippen molar-refractivity contribution in [1.29, 1.82) is 0 Å². The van der Waals surface area contributed by atoms with Gasteiger partial charge in [0.2, 0.25) is 6.34 Å². The highest BCUT2D eigenvalue weighted by atomic mass is 32.2. The van der Waals surface area contributed by atoms with Crippen LogP contribution in [-0.4, -0.2) is 33.2 Å². The van der Waals surface area contributed by atoms with Gasteiger partial charge in [-0.1, -0.05) is 90.5 Å². The number of hydrogen-bond donors (Lipinski definition) is 0. The SMILES string of the molecule is CCOS(=O)(=O)c1ccccc1N1C=[N+](c2c(C)cc(C)cc2C)[C@@H](c2ccccc2)[C@@H]1c1ccccc1.F[B-](F)(F)F. The molecule has 4 aromatic carbocycles. The monoisotopic (exact) mass is 612 g/mol. The number of anilines is 1. The number of aryl methyl sites for hydroxylation is 3. The maximum atomic E-state index is 13.2. The van der Waals surface area contributed by atoms with Crippen molar-refractivity contribution in [1.82, 2.24) is 0 Å². The van der Waals surface area contributed by atoms with Crippen molar-refractivity contribution in [3.05, 3.63) is 125 Å². The minimum absolute atomic E-state index is 0.0724. The van der Waals surface area contributed by atoms with Gasteiger partial charge in [0.15, 0.2) is 12.1 Å². The van der Waals surface area contributed by atoms with Gasteiger partial charge in [0, 0.05) is 11.1 Å². The molecule has 0 aromatic heterocycles. The van der Waals surface area contributed by atoms with Crippen molar-refractivity contribution in [2.45, 2.75) is 44.7 Å². The third-order valence-corrected chi connectivity index (χ3v) is 8.44. The minimum Gasteiger partial charge on any atom is -0.418 e. The van der Waals surface area contributed by atoms with E-state index in [1.807, 2.05) is 36.4 Å². The van der Waals surface area contributed by atoms with E-state index in [0.717, 1.165) is 16.8 Å². The summed E-state index contributed by atoms with van der Waals surface area (Å²) in [5, 5.41) is 0. The van der Waals surface area contributed by atoms with Crippen LogP contribution in [0.15, 0.2) is 102 Å². The molecule has 0 fully saturated rings. The van der Waals surface area contributed by atoms with Gasteiger partial charge in [-0.2, -0.15) is 8.42 Å². The van der Waals surface area contributed by atoms with Crippen molar-refractivity contribution >= 4 is 35.1 Å². The highest BCUT2D eigenvalue weighted by Gasteiger charge is 2.47. The highest BCUT2D eigenvalue weighted by molar-refractivity contribution is 7.87. The number of rotatable bonds is 7. The molecule has 0 spiro atoms. The van der Waals surface area contributed by atoms with Crippen LogP contribution in [0.4, 0.5) is 28.6 Å². The van der Waals surface area contributed by atoms with Crippen LogP contribution in [0.2, 0.25) is 0 Å². The van der Waals surface area contributed by atoms with Crippen LogP contribution >= 0.6 is 0 Å². The smallest absolute Gasteiger partial charge is 0.418 e. The third-order valence-electron chi connectivity index (χ3n) is 7.01. The van der Waals surface area contributed by atoms with E-state index in [1.165, 1.54) is 16.7 Å². The van der Waals surface area contributed by atoms with E-state index in [9.17, 15) is 25.7 Å². The van der Waals surface area contributed by atoms with Crippen molar-refractivity contribution in [2.24, 2.45) is 0 Å². The van der Waals surface area contributed by atoms with E-state index in [1.54, 1.807) is 19.1 Å². The molecule has 0 N–H and O–H groups in total. The number of hydrogen-bond acceptors (Lipinski definition) is 4. The molecule has 4 aromatic rings. The molecular weight excluding hydrogens is 579 g/mol. The van der Waals surface area contributed by atoms with Crippen LogP contribution in [0.25, 0.3) is 0 Å². The summed E-state index contributed by atoms with van der Waals surface area (Å²) in [6.07, 6.45) is 2.07. The minimum atomic E-state index is -6.00. The second kappa shape index (κ2) is 13.1. The molecule has 11 heteroatoms. The summed E-state index contributed by atoms with van der Waals surface area (Å²) in [6, 6.07) is 31.9. The molecule has 43 heavy (non-hydrogen) atoms. The topological polar surface area (TPSA) is 49.6 Å². The number of para-hydroxylation sites is 1. The first-order valence-electron chi connectivity index (χ1n) is 13.8. The Labute approximate surface area is 250 Å². The molecule has 5 rings (SSSR count). The summed E-state index contributed by atoms with van der Waals surface area (Å²) < 4.78 is 73.0. The molecule has 0 bridgehead atoms. The summed E-state index contributed by atoms with van der Waals surface area (Å²) in [7, 11) is -9.95. The quantitative estimate of drug-likeness (QED) is 0.0912. The van der Waals surface area contributed by atoms with Gasteiger partial charge in [-0.3, -0.25) is 4.18 Å². The lowest BCUT2D eigenvalue weighted by Crippen LogP contribution is -2.27. The fourth-order valence-electron chi connectivity index (χ4n) is 5.66. The van der Waals surface area contributed by atoms with Crippen LogP contribution in [0.3, 0.4) is 0 Å². The molecule has 0 saturated carbocycles. The predicted molar refractivity (Wildman–Crippen MR) is 163 cm³/mol. The highest BCUT2D eigenvalue weighted by Crippen LogP contribution is 2.47. The van der Waals surface area contributed by atoms with Crippen LogP contribution in [0.5, 0.6) is 0 Å². The van der Waals surface area contributed by atoms with Crippen molar-refractivity contribution < 1.29 is 34.4 Å². The average molecular weight is 612 g/mol. The Balaban J connectivity index is 0.000000782. The lowest BCUT2D eigenvalue weighted by molar-refractivity contribution is -0.482. The molecule has 1 aliphatic heterocycles. The average Bonchev–Trinajstić information content (AvgIpc) is 3.32. The second-order valence-electron chi connectivity index (χ2n) is 10.2. The lowest BCUT2D eigenvalue weighted by atomic mass is 9.91. The van der Waals surface area contributed by atoms with Crippen LogP contribution in [0.1, 0.15) is 46.8 Å². The van der Waals surface area contributed by atoms with E-state index in [4.69, 9.17) is 4.18 Å². The standard InChI is InChI=1S/C32H33N2O3S.BF4/c1-5-37-38(35,36)29-19-13-12-18-28(29)33-22-34(30-24(3)20-23(2)21-25(30)4)32(27-16-10-7-11-17-27)31(33)26-14-8-6-9-15-26;2-1(3,4)5/h6-22,31-32H,5H2,1-4H3;/q+1;-1/t31-,32-;/m0./s1. The molecule has 0 saturated heterocycles.